The third-order valence-electron chi connectivity index (χ3n) is 4.35. The van der Waals surface area contributed by atoms with Gasteiger partial charge in [0.1, 0.15) is 5.92 Å². The van der Waals surface area contributed by atoms with Crippen LogP contribution in [0.2, 0.25) is 0 Å². The van der Waals surface area contributed by atoms with Gasteiger partial charge in [0, 0.05) is 5.41 Å². The fourth-order valence-electron chi connectivity index (χ4n) is 3.35. The normalized spacial score (nSPS) is 32.8. The topological polar surface area (TPSA) is 101 Å². The van der Waals surface area contributed by atoms with Crippen molar-refractivity contribution >= 4 is 27.7 Å². The second-order valence-corrected chi connectivity index (χ2v) is 7.68. The average molecular weight is 312 g/mol. The number of barbiturate groups is 1. The Morgan fingerprint density at radius 3 is 2.38 bits per heavy atom. The number of hydrogen-bond acceptors (Lipinski definition) is 5. The lowest BCUT2D eigenvalue weighted by Crippen LogP contribution is -2.62. The van der Waals surface area contributed by atoms with E-state index in [0.717, 1.165) is 36.0 Å². The van der Waals surface area contributed by atoms with Gasteiger partial charge in [0.25, 0.3) is 0 Å². The molecule has 0 bridgehead atoms. The van der Waals surface area contributed by atoms with E-state index in [0.29, 0.717) is 0 Å². The zero-order valence-electron chi connectivity index (χ0n) is 11.3. The maximum atomic E-state index is 12.5. The molecule has 2 heterocycles. The number of rotatable bonds is 2. The summed E-state index contributed by atoms with van der Waals surface area (Å²) in [5.41, 5.74) is 0. The molecule has 0 aromatic carbocycles. The van der Waals surface area contributed by atoms with Crippen molar-refractivity contribution < 1.29 is 22.8 Å². The van der Waals surface area contributed by atoms with Gasteiger partial charge in [-0.1, -0.05) is 12.8 Å². The van der Waals surface area contributed by atoms with E-state index >= 15 is 0 Å². The maximum Gasteiger partial charge on any atom is 0.331 e. The fraction of sp³-hybridized carbons (Fsp3) is 0.615. The summed E-state index contributed by atoms with van der Waals surface area (Å²) in [5, 5.41) is 3.20. The molecule has 0 radical (unpaired) electrons. The van der Waals surface area contributed by atoms with E-state index in [4.69, 9.17) is 0 Å². The second-order valence-electron chi connectivity index (χ2n) is 5.75. The minimum Gasteiger partial charge on any atom is -0.277 e. The van der Waals surface area contributed by atoms with Crippen LogP contribution in [0.3, 0.4) is 0 Å². The number of imide groups is 2. The number of nitrogens with one attached hydrogen (secondary N) is 1. The quantitative estimate of drug-likeness (QED) is 0.733. The van der Waals surface area contributed by atoms with Crippen molar-refractivity contribution in [1.29, 1.82) is 0 Å². The van der Waals surface area contributed by atoms with Gasteiger partial charge in [-0.25, -0.2) is 13.2 Å². The first-order chi connectivity index (χ1) is 9.89. The third-order valence-corrected chi connectivity index (χ3v) is 5.73. The lowest BCUT2D eigenvalue weighted by Gasteiger charge is -2.35. The van der Waals surface area contributed by atoms with Gasteiger partial charge in [-0.2, -0.15) is 0 Å². The van der Waals surface area contributed by atoms with Gasteiger partial charge >= 0.3 is 6.03 Å². The molecule has 2 aliphatic heterocycles. The number of sulfone groups is 1. The van der Waals surface area contributed by atoms with E-state index in [1.165, 1.54) is 6.08 Å². The minimum atomic E-state index is -3.38. The van der Waals surface area contributed by atoms with Crippen molar-refractivity contribution in [1.82, 2.24) is 10.2 Å². The lowest BCUT2D eigenvalue weighted by molar-refractivity contribution is -0.145. The van der Waals surface area contributed by atoms with Gasteiger partial charge in [0.05, 0.1) is 11.8 Å². The Labute approximate surface area is 122 Å². The molecule has 2 atom stereocenters. The van der Waals surface area contributed by atoms with Gasteiger partial charge < -0.3 is 0 Å². The van der Waals surface area contributed by atoms with Gasteiger partial charge in [0.15, 0.2) is 9.84 Å². The van der Waals surface area contributed by atoms with Crippen LogP contribution in [0.25, 0.3) is 0 Å². The summed E-state index contributed by atoms with van der Waals surface area (Å²) < 4.78 is 23.0. The number of carbonyl (C=O) groups is 3. The van der Waals surface area contributed by atoms with Crippen LogP contribution in [-0.4, -0.2) is 43.0 Å². The first kappa shape index (κ1) is 14.2. The molecule has 0 aromatic rings. The van der Waals surface area contributed by atoms with E-state index in [2.05, 4.69) is 5.32 Å². The fourth-order valence-corrected chi connectivity index (χ4v) is 4.61. The highest BCUT2D eigenvalue weighted by molar-refractivity contribution is 7.94. The highest BCUT2D eigenvalue weighted by Gasteiger charge is 2.48. The van der Waals surface area contributed by atoms with E-state index in [-0.39, 0.29) is 11.7 Å². The van der Waals surface area contributed by atoms with Crippen molar-refractivity contribution in [2.75, 3.05) is 5.75 Å². The predicted molar refractivity (Wildman–Crippen MR) is 72.5 cm³/mol. The lowest BCUT2D eigenvalue weighted by atomic mass is 9.87. The van der Waals surface area contributed by atoms with E-state index in [9.17, 15) is 22.8 Å². The van der Waals surface area contributed by atoms with Crippen LogP contribution < -0.4 is 5.32 Å². The molecule has 8 heteroatoms. The molecule has 1 N–H and O–H groups in total. The Bertz CT molecular complexity index is 633. The van der Waals surface area contributed by atoms with Gasteiger partial charge in [-0.3, -0.25) is 19.8 Å². The molecular weight excluding hydrogens is 296 g/mol. The van der Waals surface area contributed by atoms with Gasteiger partial charge in [-0.15, -0.1) is 0 Å². The van der Waals surface area contributed by atoms with Crippen molar-refractivity contribution in [2.24, 2.45) is 11.8 Å². The molecule has 7 nitrogen and oxygen atoms in total. The summed E-state index contributed by atoms with van der Waals surface area (Å²) in [4.78, 5) is 37.3. The zero-order chi connectivity index (χ0) is 15.2. The van der Waals surface area contributed by atoms with Gasteiger partial charge in [0.2, 0.25) is 11.8 Å². The second kappa shape index (κ2) is 4.94. The molecule has 3 rings (SSSR count). The summed E-state index contributed by atoms with van der Waals surface area (Å²) in [6, 6.07) is -1.65. The van der Waals surface area contributed by atoms with E-state index in [1.807, 2.05) is 0 Å². The van der Waals surface area contributed by atoms with Crippen LogP contribution in [0.1, 0.15) is 25.7 Å². The number of carbonyl (C=O) groups excluding carboxylic acids is 3. The van der Waals surface area contributed by atoms with Crippen molar-refractivity contribution in [3.63, 3.8) is 0 Å². The number of amides is 4. The monoisotopic (exact) mass is 312 g/mol. The zero-order valence-corrected chi connectivity index (χ0v) is 12.1. The SMILES string of the molecule is O=C1NC(=O)N(C2C=CS(=O)(=O)C2)C(=O)C1C1CCCC1. The van der Waals surface area contributed by atoms with Crippen LogP contribution in [-0.2, 0) is 19.4 Å². The predicted octanol–water partition coefficient (Wildman–Crippen LogP) is 0.182. The Morgan fingerprint density at radius 1 is 1.14 bits per heavy atom. The van der Waals surface area contributed by atoms with Crippen molar-refractivity contribution in [3.8, 4) is 0 Å². The van der Waals surface area contributed by atoms with Crippen LogP contribution in [0.4, 0.5) is 4.79 Å². The first-order valence-corrected chi connectivity index (χ1v) is 8.69. The molecule has 4 amide bonds. The maximum absolute atomic E-state index is 12.5. The Balaban J connectivity index is 1.86. The molecule has 1 saturated heterocycles. The Hall–Kier alpha value is -1.70. The summed E-state index contributed by atoms with van der Waals surface area (Å²) in [5.74, 6) is -2.37. The molecule has 0 aromatic heterocycles. The summed E-state index contributed by atoms with van der Waals surface area (Å²) in [6.07, 6.45) is 4.82. The molecule has 1 aliphatic carbocycles. The average Bonchev–Trinajstić information content (AvgIpc) is 2.99. The van der Waals surface area contributed by atoms with E-state index < -0.39 is 39.6 Å². The smallest absolute Gasteiger partial charge is 0.277 e. The minimum absolute atomic E-state index is 0.0601. The largest absolute Gasteiger partial charge is 0.331 e. The molecule has 0 spiro atoms. The van der Waals surface area contributed by atoms with Crippen LogP contribution in [0, 0.1) is 11.8 Å². The molecule has 3 aliphatic rings. The standard InChI is InChI=1S/C13H16N2O5S/c16-11-10(8-3-1-2-4-8)12(17)15(13(18)14-11)9-5-6-21(19,20)7-9/h5-6,8-10H,1-4,7H2,(H,14,16,18). The Kier molecular flexibility index (Phi) is 3.35. The Morgan fingerprint density at radius 2 is 1.81 bits per heavy atom. The molecule has 21 heavy (non-hydrogen) atoms. The first-order valence-electron chi connectivity index (χ1n) is 6.98. The van der Waals surface area contributed by atoms with Crippen molar-refractivity contribution in [2.45, 2.75) is 31.7 Å². The summed E-state index contributed by atoms with van der Waals surface area (Å²) >= 11 is 0. The number of hydrogen-bond donors (Lipinski definition) is 1. The van der Waals surface area contributed by atoms with Gasteiger partial charge in [-0.05, 0) is 24.8 Å². The highest BCUT2D eigenvalue weighted by atomic mass is 32.2. The van der Waals surface area contributed by atoms with Crippen molar-refractivity contribution in [3.05, 3.63) is 11.5 Å². The summed E-state index contributed by atoms with van der Waals surface area (Å²) in [6.45, 7) is 0. The molecule has 114 valence electrons. The molecular formula is C13H16N2O5S. The van der Waals surface area contributed by atoms with Crippen LogP contribution >= 0.6 is 0 Å². The summed E-state index contributed by atoms with van der Waals surface area (Å²) in [7, 11) is -3.38. The molecule has 1 saturated carbocycles. The number of urea groups is 1. The molecule has 2 fully saturated rings. The number of nitrogens with zero attached hydrogens (tertiary/aromatic N) is 1. The third kappa shape index (κ3) is 2.48. The highest BCUT2D eigenvalue weighted by Crippen LogP contribution is 2.34. The van der Waals surface area contributed by atoms with Crippen LogP contribution in [0.15, 0.2) is 11.5 Å². The van der Waals surface area contributed by atoms with E-state index in [1.54, 1.807) is 0 Å². The molecule has 2 unspecified atom stereocenters. The van der Waals surface area contributed by atoms with Crippen LogP contribution in [0.5, 0.6) is 0 Å².